The molecule has 0 fully saturated rings. The molecule has 0 saturated carbocycles. The lowest BCUT2D eigenvalue weighted by molar-refractivity contribution is -0.139. The molecule has 0 aliphatic rings. The van der Waals surface area contributed by atoms with E-state index in [1.54, 1.807) is 48.5 Å². The van der Waals surface area contributed by atoms with Gasteiger partial charge in [-0.2, -0.15) is 5.10 Å². The summed E-state index contributed by atoms with van der Waals surface area (Å²) >= 11 is 5.93. The number of nitrogens with one attached hydrogen (secondary N) is 1. The largest absolute Gasteiger partial charge is 0.489 e. The van der Waals surface area contributed by atoms with Gasteiger partial charge in [-0.3, -0.25) is 4.79 Å². The Morgan fingerprint density at radius 2 is 1.68 bits per heavy atom. The van der Waals surface area contributed by atoms with Crippen LogP contribution in [-0.2, 0) is 17.8 Å². The first kappa shape index (κ1) is 26.6. The highest BCUT2D eigenvalue weighted by Crippen LogP contribution is 2.16. The van der Waals surface area contributed by atoms with Crippen LogP contribution in [0, 0.1) is 0 Å². The highest BCUT2D eigenvalue weighted by molar-refractivity contribution is 6.30. The van der Waals surface area contributed by atoms with Gasteiger partial charge in [0, 0.05) is 11.4 Å². The number of amides is 1. The predicted octanol–water partition coefficient (Wildman–Crippen LogP) is 5.56. The van der Waals surface area contributed by atoms with Crippen LogP contribution in [0.5, 0.6) is 5.75 Å². The van der Waals surface area contributed by atoms with E-state index in [9.17, 15) is 14.7 Å². The first-order valence-corrected chi connectivity index (χ1v) is 12.9. The number of benzene rings is 3. The summed E-state index contributed by atoms with van der Waals surface area (Å²) in [6.45, 7) is 0.433. The number of hydrogen-bond acceptors (Lipinski definition) is 5. The second-order valence-corrected chi connectivity index (χ2v) is 9.50. The zero-order chi connectivity index (χ0) is 27.9. The first-order valence-electron chi connectivity index (χ1n) is 12.5. The average molecular weight is 553 g/mol. The van der Waals surface area contributed by atoms with E-state index >= 15 is 0 Å². The van der Waals surface area contributed by atoms with Gasteiger partial charge in [-0.25, -0.2) is 14.3 Å². The smallest absolute Gasteiger partial charge is 0.326 e. The van der Waals surface area contributed by atoms with Gasteiger partial charge in [-0.1, -0.05) is 72.3 Å². The Labute approximate surface area is 235 Å². The van der Waals surface area contributed by atoms with Crippen LogP contribution in [0.15, 0.2) is 97.2 Å². The lowest BCUT2D eigenvalue weighted by Gasteiger charge is -2.14. The molecule has 2 N–H and O–H groups in total. The standard InChI is InChI=1S/C31H25ClN4O4/c32-24-11-6-21(7-12-24)8-13-25-14-17-29-33-28(19-36(29)35-25)30(37)34-27(31(38)39)18-22-9-15-26(16-10-22)40-20-23-4-2-1-3-5-23/h1-17,19,27H,18,20H2,(H,34,37)(H,38,39)/b13-8+/t27-/m0/s1. The van der Waals surface area contributed by atoms with Crippen molar-refractivity contribution < 1.29 is 19.4 Å². The maximum Gasteiger partial charge on any atom is 0.326 e. The maximum atomic E-state index is 12.9. The van der Waals surface area contributed by atoms with Crippen molar-refractivity contribution in [1.29, 1.82) is 0 Å². The molecule has 40 heavy (non-hydrogen) atoms. The van der Waals surface area contributed by atoms with Gasteiger partial charge in [-0.15, -0.1) is 0 Å². The number of fused-ring (bicyclic) bond motifs is 1. The lowest BCUT2D eigenvalue weighted by Crippen LogP contribution is -2.42. The van der Waals surface area contributed by atoms with Crippen LogP contribution in [-0.4, -0.2) is 37.6 Å². The SMILES string of the molecule is O=C(N[C@@H](Cc1ccc(OCc2ccccc2)cc1)C(=O)O)c1cn2nc(/C=C/c3ccc(Cl)cc3)ccc2n1. The Balaban J connectivity index is 1.21. The van der Waals surface area contributed by atoms with Gasteiger partial charge in [0.15, 0.2) is 5.65 Å². The van der Waals surface area contributed by atoms with E-state index in [2.05, 4.69) is 15.4 Å². The minimum Gasteiger partial charge on any atom is -0.489 e. The summed E-state index contributed by atoms with van der Waals surface area (Å²) < 4.78 is 7.28. The van der Waals surface area contributed by atoms with Gasteiger partial charge in [0.25, 0.3) is 5.91 Å². The normalized spacial score (nSPS) is 11.9. The van der Waals surface area contributed by atoms with Crippen molar-refractivity contribution >= 4 is 41.3 Å². The van der Waals surface area contributed by atoms with Crippen molar-refractivity contribution in [3.63, 3.8) is 0 Å². The maximum absolute atomic E-state index is 12.9. The molecule has 5 aromatic rings. The number of nitrogens with zero attached hydrogens (tertiary/aromatic N) is 3. The van der Waals surface area contributed by atoms with E-state index in [1.165, 1.54) is 10.7 Å². The number of ether oxygens (including phenoxy) is 1. The van der Waals surface area contributed by atoms with Gasteiger partial charge in [0.05, 0.1) is 11.9 Å². The van der Waals surface area contributed by atoms with Gasteiger partial charge >= 0.3 is 5.97 Å². The monoisotopic (exact) mass is 552 g/mol. The van der Waals surface area contributed by atoms with Crippen LogP contribution in [0.3, 0.4) is 0 Å². The molecular weight excluding hydrogens is 528 g/mol. The summed E-state index contributed by atoms with van der Waals surface area (Å²) in [7, 11) is 0. The molecule has 0 aliphatic carbocycles. The Hall–Kier alpha value is -4.95. The third-order valence-corrected chi connectivity index (χ3v) is 6.36. The van der Waals surface area contributed by atoms with Crippen molar-refractivity contribution in [2.24, 2.45) is 0 Å². The van der Waals surface area contributed by atoms with Crippen LogP contribution in [0.25, 0.3) is 17.8 Å². The average Bonchev–Trinajstić information content (AvgIpc) is 3.40. The molecular formula is C31H25ClN4O4. The van der Waals surface area contributed by atoms with E-state index in [-0.39, 0.29) is 12.1 Å². The molecule has 1 atom stereocenters. The van der Waals surface area contributed by atoms with Crippen molar-refractivity contribution in [2.75, 3.05) is 0 Å². The molecule has 2 aromatic heterocycles. The number of carbonyl (C=O) groups excluding carboxylic acids is 1. The number of imidazole rings is 1. The molecule has 3 aromatic carbocycles. The Bertz CT molecular complexity index is 1650. The van der Waals surface area contributed by atoms with Gasteiger partial charge in [0.1, 0.15) is 24.1 Å². The second-order valence-electron chi connectivity index (χ2n) is 9.06. The molecule has 0 aliphatic heterocycles. The Morgan fingerprint density at radius 1 is 0.925 bits per heavy atom. The van der Waals surface area contributed by atoms with Crippen LogP contribution in [0.2, 0.25) is 5.02 Å². The molecule has 8 nitrogen and oxygen atoms in total. The molecule has 0 bridgehead atoms. The van der Waals surface area contributed by atoms with Crippen LogP contribution in [0.4, 0.5) is 0 Å². The number of halogens is 1. The molecule has 0 saturated heterocycles. The van der Waals surface area contributed by atoms with E-state index < -0.39 is 17.9 Å². The molecule has 0 unspecified atom stereocenters. The molecule has 5 rings (SSSR count). The molecule has 2 heterocycles. The van der Waals surface area contributed by atoms with E-state index in [0.717, 1.165) is 16.7 Å². The van der Waals surface area contributed by atoms with Crippen molar-refractivity contribution in [2.45, 2.75) is 19.1 Å². The fraction of sp³-hybridized carbons (Fsp3) is 0.0968. The number of carboxylic acids is 1. The fourth-order valence-electron chi connectivity index (χ4n) is 3.98. The van der Waals surface area contributed by atoms with Crippen LogP contribution >= 0.6 is 11.6 Å². The van der Waals surface area contributed by atoms with Crippen molar-refractivity contribution in [3.05, 3.63) is 130 Å². The quantitative estimate of drug-likeness (QED) is 0.235. The predicted molar refractivity (Wildman–Crippen MR) is 153 cm³/mol. The summed E-state index contributed by atoms with van der Waals surface area (Å²) in [4.78, 5) is 29.1. The number of carboxylic acid groups (broad SMARTS) is 1. The molecule has 1 amide bonds. The summed E-state index contributed by atoms with van der Waals surface area (Å²) in [5.74, 6) is -1.07. The van der Waals surface area contributed by atoms with Crippen molar-refractivity contribution in [1.82, 2.24) is 19.9 Å². The minimum atomic E-state index is -1.14. The minimum absolute atomic E-state index is 0.0715. The highest BCUT2D eigenvalue weighted by Gasteiger charge is 2.23. The molecule has 9 heteroatoms. The lowest BCUT2D eigenvalue weighted by atomic mass is 10.1. The number of carbonyl (C=O) groups is 2. The highest BCUT2D eigenvalue weighted by atomic mass is 35.5. The number of aromatic nitrogens is 3. The summed E-state index contributed by atoms with van der Waals surface area (Å²) in [6.07, 6.45) is 5.31. The van der Waals surface area contributed by atoms with Crippen LogP contribution < -0.4 is 10.1 Å². The zero-order valence-electron chi connectivity index (χ0n) is 21.3. The summed E-state index contributed by atoms with van der Waals surface area (Å²) in [6, 6.07) is 26.7. The Kier molecular flexibility index (Phi) is 8.18. The second kappa shape index (κ2) is 12.3. The first-order chi connectivity index (χ1) is 19.4. The molecule has 200 valence electrons. The topological polar surface area (TPSA) is 106 Å². The number of hydrogen-bond donors (Lipinski definition) is 2. The third-order valence-electron chi connectivity index (χ3n) is 6.10. The summed E-state index contributed by atoms with van der Waals surface area (Å²) in [5.41, 5.74) is 3.95. The van der Waals surface area contributed by atoms with Crippen molar-refractivity contribution in [3.8, 4) is 5.75 Å². The van der Waals surface area contributed by atoms with E-state index in [1.807, 2.05) is 54.6 Å². The van der Waals surface area contributed by atoms with E-state index in [4.69, 9.17) is 16.3 Å². The number of aliphatic carboxylic acids is 1. The zero-order valence-corrected chi connectivity index (χ0v) is 22.0. The van der Waals surface area contributed by atoms with Crippen LogP contribution in [0.1, 0.15) is 32.9 Å². The third kappa shape index (κ3) is 6.92. The van der Waals surface area contributed by atoms with E-state index in [0.29, 0.717) is 28.7 Å². The summed E-state index contributed by atoms with van der Waals surface area (Å²) in [5, 5.41) is 17.4. The molecule has 0 spiro atoms. The Morgan fingerprint density at radius 3 is 2.40 bits per heavy atom. The van der Waals surface area contributed by atoms with Gasteiger partial charge < -0.3 is 15.2 Å². The van der Waals surface area contributed by atoms with Gasteiger partial charge in [0.2, 0.25) is 0 Å². The number of rotatable bonds is 10. The fourth-order valence-corrected chi connectivity index (χ4v) is 4.11. The van der Waals surface area contributed by atoms with Gasteiger partial charge in [-0.05, 0) is 59.2 Å². The molecule has 0 radical (unpaired) electrons.